The number of carbonyl (C=O) groups excluding carboxylic acids is 1. The van der Waals surface area contributed by atoms with Crippen LogP contribution in [0.2, 0.25) is 0 Å². The molecule has 0 aromatic carbocycles. The number of H-pyrrole nitrogens is 1. The summed E-state index contributed by atoms with van der Waals surface area (Å²) in [4.78, 5) is 24.6. The van der Waals surface area contributed by atoms with E-state index in [0.29, 0.717) is 5.69 Å². The Balaban J connectivity index is 2.83. The third kappa shape index (κ3) is 2.74. The fraction of sp³-hybridized carbons (Fsp3) is 0.333. The standard InChI is InChI=1S/C9H12N2O2/c1-6(2)10-9(13)7-4-3-5-8(12)11-7/h3-6H,1-2H3,(H,10,13)(H,11,12). The summed E-state index contributed by atoms with van der Waals surface area (Å²) in [7, 11) is 0. The molecule has 1 heterocycles. The van der Waals surface area contributed by atoms with E-state index >= 15 is 0 Å². The van der Waals surface area contributed by atoms with Gasteiger partial charge in [0.25, 0.3) is 5.91 Å². The Morgan fingerprint density at radius 3 is 2.69 bits per heavy atom. The van der Waals surface area contributed by atoms with Crippen LogP contribution in [0.25, 0.3) is 0 Å². The van der Waals surface area contributed by atoms with Crippen molar-refractivity contribution in [2.45, 2.75) is 19.9 Å². The van der Waals surface area contributed by atoms with Crippen molar-refractivity contribution in [2.75, 3.05) is 0 Å². The molecular weight excluding hydrogens is 168 g/mol. The predicted octanol–water partition coefficient (Wildman–Crippen LogP) is 0.513. The second-order valence-electron chi connectivity index (χ2n) is 3.06. The topological polar surface area (TPSA) is 62.0 Å². The lowest BCUT2D eigenvalue weighted by atomic mass is 10.3. The smallest absolute Gasteiger partial charge is 0.267 e. The van der Waals surface area contributed by atoms with Crippen LogP contribution in [-0.4, -0.2) is 16.9 Å². The quantitative estimate of drug-likeness (QED) is 0.696. The number of rotatable bonds is 2. The minimum atomic E-state index is -0.267. The van der Waals surface area contributed by atoms with Gasteiger partial charge in [-0.3, -0.25) is 9.59 Å². The fourth-order valence-corrected chi connectivity index (χ4v) is 0.920. The largest absolute Gasteiger partial charge is 0.349 e. The number of nitrogens with one attached hydrogen (secondary N) is 2. The zero-order valence-electron chi connectivity index (χ0n) is 7.63. The third-order valence-corrected chi connectivity index (χ3v) is 1.43. The average Bonchev–Trinajstić information content (AvgIpc) is 2.03. The van der Waals surface area contributed by atoms with Crippen molar-refractivity contribution >= 4 is 5.91 Å². The molecule has 0 aliphatic rings. The number of amides is 1. The molecule has 1 aromatic heterocycles. The zero-order valence-corrected chi connectivity index (χ0v) is 7.63. The van der Waals surface area contributed by atoms with Gasteiger partial charge >= 0.3 is 0 Å². The van der Waals surface area contributed by atoms with Gasteiger partial charge < -0.3 is 10.3 Å². The molecule has 4 nitrogen and oxygen atoms in total. The normalized spacial score (nSPS) is 10.1. The fourth-order valence-electron chi connectivity index (χ4n) is 0.920. The third-order valence-electron chi connectivity index (χ3n) is 1.43. The highest BCUT2D eigenvalue weighted by molar-refractivity contribution is 5.92. The zero-order chi connectivity index (χ0) is 9.84. The Morgan fingerprint density at radius 2 is 2.15 bits per heavy atom. The molecule has 0 saturated heterocycles. The maximum Gasteiger partial charge on any atom is 0.267 e. The van der Waals surface area contributed by atoms with Crippen LogP contribution in [0.4, 0.5) is 0 Å². The van der Waals surface area contributed by atoms with Crippen LogP contribution in [-0.2, 0) is 0 Å². The van der Waals surface area contributed by atoms with Gasteiger partial charge in [0.05, 0.1) is 0 Å². The lowest BCUT2D eigenvalue weighted by Gasteiger charge is -2.07. The predicted molar refractivity (Wildman–Crippen MR) is 49.7 cm³/mol. The van der Waals surface area contributed by atoms with Gasteiger partial charge in [0, 0.05) is 12.1 Å². The first-order chi connectivity index (χ1) is 6.09. The van der Waals surface area contributed by atoms with Gasteiger partial charge in [0.1, 0.15) is 5.69 Å². The van der Waals surface area contributed by atoms with E-state index in [4.69, 9.17) is 0 Å². The van der Waals surface area contributed by atoms with Gasteiger partial charge in [-0.05, 0) is 19.9 Å². The minimum Gasteiger partial charge on any atom is -0.349 e. The first kappa shape index (κ1) is 9.51. The van der Waals surface area contributed by atoms with Gasteiger partial charge in [-0.15, -0.1) is 0 Å². The van der Waals surface area contributed by atoms with Crippen molar-refractivity contribution in [3.8, 4) is 0 Å². The summed E-state index contributed by atoms with van der Waals surface area (Å²) in [5, 5.41) is 2.68. The van der Waals surface area contributed by atoms with Gasteiger partial charge in [-0.25, -0.2) is 0 Å². The van der Waals surface area contributed by atoms with E-state index in [1.54, 1.807) is 12.1 Å². The van der Waals surface area contributed by atoms with Crippen LogP contribution in [0.15, 0.2) is 23.0 Å². The monoisotopic (exact) mass is 180 g/mol. The van der Waals surface area contributed by atoms with E-state index in [-0.39, 0.29) is 17.5 Å². The number of pyridine rings is 1. The summed E-state index contributed by atoms with van der Waals surface area (Å²) in [5.74, 6) is -0.257. The molecule has 0 aliphatic carbocycles. The highest BCUT2D eigenvalue weighted by Gasteiger charge is 2.06. The number of aromatic amines is 1. The van der Waals surface area contributed by atoms with Crippen LogP contribution in [0.1, 0.15) is 24.3 Å². The first-order valence-electron chi connectivity index (χ1n) is 4.10. The molecule has 1 rings (SSSR count). The Morgan fingerprint density at radius 1 is 1.46 bits per heavy atom. The van der Waals surface area contributed by atoms with E-state index in [0.717, 1.165) is 0 Å². The lowest BCUT2D eigenvalue weighted by Crippen LogP contribution is -2.31. The molecular formula is C9H12N2O2. The minimum absolute atomic E-state index is 0.0659. The van der Waals surface area contributed by atoms with Crippen LogP contribution >= 0.6 is 0 Å². The van der Waals surface area contributed by atoms with Crippen molar-refractivity contribution in [3.05, 3.63) is 34.2 Å². The van der Waals surface area contributed by atoms with Crippen LogP contribution in [0.5, 0.6) is 0 Å². The molecule has 4 heteroatoms. The number of aromatic nitrogens is 1. The highest BCUT2D eigenvalue weighted by atomic mass is 16.2. The summed E-state index contributed by atoms with van der Waals surface area (Å²) in [6.45, 7) is 3.72. The maximum absolute atomic E-state index is 11.3. The van der Waals surface area contributed by atoms with E-state index in [1.165, 1.54) is 6.07 Å². The van der Waals surface area contributed by atoms with Crippen molar-refractivity contribution in [2.24, 2.45) is 0 Å². The molecule has 1 aromatic rings. The van der Waals surface area contributed by atoms with Gasteiger partial charge in [0.15, 0.2) is 0 Å². The molecule has 0 radical (unpaired) electrons. The SMILES string of the molecule is CC(C)NC(=O)c1cccc(=O)[nH]1. The lowest BCUT2D eigenvalue weighted by molar-refractivity contribution is 0.0938. The summed E-state index contributed by atoms with van der Waals surface area (Å²) in [5.41, 5.74) is 0.0256. The van der Waals surface area contributed by atoms with Gasteiger partial charge in [-0.1, -0.05) is 6.07 Å². The Bertz CT molecular complexity index is 355. The Hall–Kier alpha value is -1.58. The van der Waals surface area contributed by atoms with Crippen molar-refractivity contribution in [1.82, 2.24) is 10.3 Å². The molecule has 0 spiro atoms. The summed E-state index contributed by atoms with van der Waals surface area (Å²) in [6, 6.07) is 4.55. The summed E-state index contributed by atoms with van der Waals surface area (Å²) in [6.07, 6.45) is 0. The van der Waals surface area contributed by atoms with Crippen LogP contribution in [0, 0.1) is 0 Å². The Labute approximate surface area is 76.0 Å². The molecule has 0 atom stereocenters. The summed E-state index contributed by atoms with van der Waals surface area (Å²) < 4.78 is 0. The number of carbonyl (C=O) groups is 1. The van der Waals surface area contributed by atoms with E-state index < -0.39 is 0 Å². The first-order valence-corrected chi connectivity index (χ1v) is 4.10. The van der Waals surface area contributed by atoms with Crippen LogP contribution in [0.3, 0.4) is 0 Å². The maximum atomic E-state index is 11.3. The number of hydrogen-bond donors (Lipinski definition) is 2. The molecule has 2 N–H and O–H groups in total. The Kier molecular flexibility index (Phi) is 2.84. The van der Waals surface area contributed by atoms with E-state index in [2.05, 4.69) is 10.3 Å². The molecule has 0 fully saturated rings. The molecule has 0 aliphatic heterocycles. The molecule has 13 heavy (non-hydrogen) atoms. The molecule has 0 saturated carbocycles. The average molecular weight is 180 g/mol. The number of hydrogen-bond acceptors (Lipinski definition) is 2. The second kappa shape index (κ2) is 3.89. The second-order valence-corrected chi connectivity index (χ2v) is 3.06. The van der Waals surface area contributed by atoms with Crippen molar-refractivity contribution < 1.29 is 4.79 Å². The molecule has 0 bridgehead atoms. The molecule has 70 valence electrons. The van der Waals surface area contributed by atoms with Gasteiger partial charge in [-0.2, -0.15) is 0 Å². The van der Waals surface area contributed by atoms with E-state index in [1.807, 2.05) is 13.8 Å². The van der Waals surface area contributed by atoms with Crippen LogP contribution < -0.4 is 10.9 Å². The highest BCUT2D eigenvalue weighted by Crippen LogP contribution is 1.90. The van der Waals surface area contributed by atoms with Gasteiger partial charge in [0.2, 0.25) is 5.56 Å². The van der Waals surface area contributed by atoms with Crippen molar-refractivity contribution in [1.29, 1.82) is 0 Å². The van der Waals surface area contributed by atoms with E-state index in [9.17, 15) is 9.59 Å². The molecule has 0 unspecified atom stereocenters. The molecule has 1 amide bonds. The summed E-state index contributed by atoms with van der Waals surface area (Å²) >= 11 is 0. The van der Waals surface area contributed by atoms with Crippen molar-refractivity contribution in [3.63, 3.8) is 0 Å².